The molecule has 0 saturated heterocycles. The lowest BCUT2D eigenvalue weighted by Gasteiger charge is -2.15. The molecular weight excluding hydrogens is 288 g/mol. The second-order valence-corrected chi connectivity index (χ2v) is 4.50. The molecular formula is C15H12F4O2. The fraction of sp³-hybridized carbons (Fsp3) is 0.267. The second kappa shape index (κ2) is 6.22. The summed E-state index contributed by atoms with van der Waals surface area (Å²) in [5.74, 6) is -4.78. The Morgan fingerprint density at radius 2 is 1.76 bits per heavy atom. The average molecular weight is 300 g/mol. The van der Waals surface area contributed by atoms with Crippen LogP contribution in [-0.4, -0.2) is 31.3 Å². The Morgan fingerprint density at radius 3 is 2.48 bits per heavy atom. The van der Waals surface area contributed by atoms with Crippen LogP contribution in [-0.2, 0) is 4.74 Å². The summed E-state index contributed by atoms with van der Waals surface area (Å²) in [7, 11) is 0. The van der Waals surface area contributed by atoms with E-state index in [4.69, 9.17) is 0 Å². The quantitative estimate of drug-likeness (QED) is 0.596. The van der Waals surface area contributed by atoms with Gasteiger partial charge in [0.1, 0.15) is 13.2 Å². The first kappa shape index (κ1) is 15.4. The molecule has 0 aliphatic rings. The Kier molecular flexibility index (Phi) is 4.57. The van der Waals surface area contributed by atoms with E-state index in [1.807, 2.05) is 0 Å². The van der Waals surface area contributed by atoms with E-state index in [2.05, 4.69) is 4.74 Å². The van der Waals surface area contributed by atoms with Gasteiger partial charge in [-0.05, 0) is 10.8 Å². The summed E-state index contributed by atoms with van der Waals surface area (Å²) >= 11 is 0. The molecule has 112 valence electrons. The molecule has 0 aromatic heterocycles. The number of halogens is 4. The van der Waals surface area contributed by atoms with Crippen molar-refractivity contribution in [3.63, 3.8) is 0 Å². The summed E-state index contributed by atoms with van der Waals surface area (Å²) in [4.78, 5) is 12.0. The van der Waals surface area contributed by atoms with E-state index in [0.717, 1.165) is 5.39 Å². The van der Waals surface area contributed by atoms with Crippen molar-refractivity contribution >= 4 is 16.6 Å². The molecule has 2 nitrogen and oxygen atoms in total. The van der Waals surface area contributed by atoms with Crippen LogP contribution < -0.4 is 0 Å². The SMILES string of the molecule is O=C(COCC(F)(F)C(F)F)c1cccc2ccccc12. The van der Waals surface area contributed by atoms with Crippen LogP contribution in [0.5, 0.6) is 0 Å². The number of fused-ring (bicyclic) bond motifs is 1. The molecule has 0 radical (unpaired) electrons. The molecule has 0 spiro atoms. The molecule has 2 aromatic rings. The van der Waals surface area contributed by atoms with Gasteiger partial charge in [0.15, 0.2) is 5.78 Å². The molecule has 6 heteroatoms. The van der Waals surface area contributed by atoms with Gasteiger partial charge in [0, 0.05) is 5.56 Å². The number of carbonyl (C=O) groups is 1. The predicted octanol–water partition coefficient (Wildman–Crippen LogP) is 3.94. The highest BCUT2D eigenvalue weighted by molar-refractivity contribution is 6.08. The van der Waals surface area contributed by atoms with Crippen LogP contribution in [0.4, 0.5) is 17.6 Å². The van der Waals surface area contributed by atoms with Gasteiger partial charge in [-0.3, -0.25) is 4.79 Å². The first-order chi connectivity index (χ1) is 9.92. The van der Waals surface area contributed by atoms with Crippen molar-refractivity contribution in [3.8, 4) is 0 Å². The Morgan fingerprint density at radius 1 is 1.10 bits per heavy atom. The second-order valence-electron chi connectivity index (χ2n) is 4.50. The van der Waals surface area contributed by atoms with E-state index >= 15 is 0 Å². The largest absolute Gasteiger partial charge is 0.367 e. The van der Waals surface area contributed by atoms with Gasteiger partial charge in [0.2, 0.25) is 0 Å². The van der Waals surface area contributed by atoms with E-state index < -0.39 is 31.3 Å². The molecule has 21 heavy (non-hydrogen) atoms. The van der Waals surface area contributed by atoms with Gasteiger partial charge < -0.3 is 4.74 Å². The summed E-state index contributed by atoms with van der Waals surface area (Å²) in [5, 5.41) is 1.48. The standard InChI is InChI=1S/C15H12F4O2/c16-14(17)15(18,19)9-21-8-13(20)12-7-3-5-10-4-1-2-6-11(10)12/h1-7,14H,8-9H2. The lowest BCUT2D eigenvalue weighted by molar-refractivity contribution is -0.163. The van der Waals surface area contributed by atoms with Gasteiger partial charge >= 0.3 is 12.3 Å². The number of ether oxygens (including phenoxy) is 1. The molecule has 0 bridgehead atoms. The highest BCUT2D eigenvalue weighted by Gasteiger charge is 2.41. The van der Waals surface area contributed by atoms with Crippen molar-refractivity contribution in [2.75, 3.05) is 13.2 Å². The van der Waals surface area contributed by atoms with E-state index in [1.165, 1.54) is 0 Å². The van der Waals surface area contributed by atoms with Gasteiger partial charge in [-0.15, -0.1) is 0 Å². The van der Waals surface area contributed by atoms with E-state index in [-0.39, 0.29) is 0 Å². The molecule has 2 rings (SSSR count). The molecule has 0 unspecified atom stereocenters. The van der Waals surface area contributed by atoms with Gasteiger partial charge in [-0.1, -0.05) is 42.5 Å². The molecule has 0 amide bonds. The van der Waals surface area contributed by atoms with Gasteiger partial charge in [-0.25, -0.2) is 8.78 Å². The third kappa shape index (κ3) is 3.58. The first-order valence-corrected chi connectivity index (χ1v) is 6.16. The zero-order valence-corrected chi connectivity index (χ0v) is 10.9. The Labute approximate surface area is 118 Å². The average Bonchev–Trinajstić information content (AvgIpc) is 2.46. The molecule has 0 heterocycles. The van der Waals surface area contributed by atoms with E-state index in [1.54, 1.807) is 42.5 Å². The van der Waals surface area contributed by atoms with Gasteiger partial charge in [0.25, 0.3) is 0 Å². The fourth-order valence-corrected chi connectivity index (χ4v) is 1.89. The van der Waals surface area contributed by atoms with Gasteiger partial charge in [0.05, 0.1) is 0 Å². The maximum atomic E-state index is 12.7. The van der Waals surface area contributed by atoms with Crippen LogP contribution in [0.15, 0.2) is 42.5 Å². The lowest BCUT2D eigenvalue weighted by Crippen LogP contribution is -2.33. The monoisotopic (exact) mass is 300 g/mol. The predicted molar refractivity (Wildman–Crippen MR) is 70.0 cm³/mol. The maximum Gasteiger partial charge on any atom is 0.330 e. The number of Topliss-reactive ketones (excluding diaryl/α,β-unsaturated/α-hetero) is 1. The third-order valence-corrected chi connectivity index (χ3v) is 2.94. The number of rotatable bonds is 6. The number of hydrogen-bond donors (Lipinski definition) is 0. The molecule has 0 aliphatic heterocycles. The Bertz CT molecular complexity index is 635. The highest BCUT2D eigenvalue weighted by atomic mass is 19.3. The number of benzene rings is 2. The van der Waals surface area contributed by atoms with Gasteiger partial charge in [-0.2, -0.15) is 8.78 Å². The molecule has 0 saturated carbocycles. The summed E-state index contributed by atoms with van der Waals surface area (Å²) in [6.07, 6.45) is -3.81. The zero-order valence-electron chi connectivity index (χ0n) is 10.9. The number of ketones is 1. The highest BCUT2D eigenvalue weighted by Crippen LogP contribution is 2.23. The van der Waals surface area contributed by atoms with Crippen molar-refractivity contribution in [2.24, 2.45) is 0 Å². The number of hydrogen-bond acceptors (Lipinski definition) is 2. The molecule has 0 N–H and O–H groups in total. The normalized spacial score (nSPS) is 12.0. The minimum atomic E-state index is -4.25. The topological polar surface area (TPSA) is 26.3 Å². The van der Waals surface area contributed by atoms with Crippen molar-refractivity contribution < 1.29 is 27.1 Å². The maximum absolute atomic E-state index is 12.7. The minimum absolute atomic E-state index is 0.313. The fourth-order valence-electron chi connectivity index (χ4n) is 1.89. The first-order valence-electron chi connectivity index (χ1n) is 6.16. The summed E-state index contributed by atoms with van der Waals surface area (Å²) in [5.41, 5.74) is 0.313. The van der Waals surface area contributed by atoms with Crippen LogP contribution in [0.3, 0.4) is 0 Å². The summed E-state index contributed by atoms with van der Waals surface area (Å²) in [6, 6.07) is 12.1. The lowest BCUT2D eigenvalue weighted by atomic mass is 10.0. The van der Waals surface area contributed by atoms with Crippen LogP contribution >= 0.6 is 0 Å². The van der Waals surface area contributed by atoms with Crippen molar-refractivity contribution in [2.45, 2.75) is 12.3 Å². The number of alkyl halides is 4. The molecule has 2 aromatic carbocycles. The number of carbonyl (C=O) groups excluding carboxylic acids is 1. The van der Waals surface area contributed by atoms with E-state index in [0.29, 0.717) is 10.9 Å². The Balaban J connectivity index is 2.07. The zero-order chi connectivity index (χ0) is 15.5. The summed E-state index contributed by atoms with van der Waals surface area (Å²) in [6.45, 7) is -2.16. The van der Waals surface area contributed by atoms with Crippen molar-refractivity contribution in [3.05, 3.63) is 48.0 Å². The third-order valence-electron chi connectivity index (χ3n) is 2.94. The van der Waals surface area contributed by atoms with Crippen LogP contribution in [0, 0.1) is 0 Å². The Hall–Kier alpha value is -1.95. The molecule has 0 atom stereocenters. The molecule has 0 aliphatic carbocycles. The smallest absolute Gasteiger partial charge is 0.330 e. The van der Waals surface area contributed by atoms with E-state index in [9.17, 15) is 22.4 Å². The minimum Gasteiger partial charge on any atom is -0.367 e. The van der Waals surface area contributed by atoms with Crippen LogP contribution in [0.2, 0.25) is 0 Å². The van der Waals surface area contributed by atoms with Crippen molar-refractivity contribution in [1.29, 1.82) is 0 Å². The van der Waals surface area contributed by atoms with Crippen LogP contribution in [0.25, 0.3) is 10.8 Å². The van der Waals surface area contributed by atoms with Crippen molar-refractivity contribution in [1.82, 2.24) is 0 Å². The van der Waals surface area contributed by atoms with Crippen LogP contribution in [0.1, 0.15) is 10.4 Å². The summed E-state index contributed by atoms with van der Waals surface area (Å²) < 4.78 is 53.7. The molecule has 0 fully saturated rings.